The van der Waals surface area contributed by atoms with Gasteiger partial charge in [0.1, 0.15) is 0 Å². The standard InChI is InChI=1S/C17H25N3O/c1-3-4-5-8-14(2)18-11-12-20-13-19-16-10-7-6-9-15(16)17(20)21/h6-7,9-10,13-14,18H,3-5,8,11-12H2,1-2H3. The lowest BCUT2D eigenvalue weighted by Gasteiger charge is -2.14. The molecule has 0 saturated carbocycles. The summed E-state index contributed by atoms with van der Waals surface area (Å²) in [5.74, 6) is 0. The van der Waals surface area contributed by atoms with Gasteiger partial charge in [-0.05, 0) is 25.5 Å². The molecule has 1 unspecified atom stereocenters. The van der Waals surface area contributed by atoms with E-state index >= 15 is 0 Å². The van der Waals surface area contributed by atoms with Gasteiger partial charge in [0.15, 0.2) is 0 Å². The molecular weight excluding hydrogens is 262 g/mol. The summed E-state index contributed by atoms with van der Waals surface area (Å²) in [4.78, 5) is 16.6. The highest BCUT2D eigenvalue weighted by molar-refractivity contribution is 5.76. The van der Waals surface area contributed by atoms with Gasteiger partial charge in [0.05, 0.1) is 17.2 Å². The molecule has 1 aromatic carbocycles. The van der Waals surface area contributed by atoms with Crippen molar-refractivity contribution in [3.8, 4) is 0 Å². The molecule has 21 heavy (non-hydrogen) atoms. The van der Waals surface area contributed by atoms with Gasteiger partial charge in [-0.1, -0.05) is 38.3 Å². The maximum absolute atomic E-state index is 12.3. The molecule has 1 heterocycles. The predicted octanol–water partition coefficient (Wildman–Crippen LogP) is 2.95. The first kappa shape index (κ1) is 15.7. The van der Waals surface area contributed by atoms with Gasteiger partial charge in [0, 0.05) is 19.1 Å². The first-order valence-corrected chi connectivity index (χ1v) is 7.90. The summed E-state index contributed by atoms with van der Waals surface area (Å²) in [6, 6.07) is 7.99. The van der Waals surface area contributed by atoms with E-state index in [-0.39, 0.29) is 5.56 Å². The van der Waals surface area contributed by atoms with Crippen LogP contribution in [0.5, 0.6) is 0 Å². The summed E-state index contributed by atoms with van der Waals surface area (Å²) < 4.78 is 1.69. The van der Waals surface area contributed by atoms with Gasteiger partial charge in [-0.2, -0.15) is 0 Å². The van der Waals surface area contributed by atoms with Crippen molar-refractivity contribution >= 4 is 10.9 Å². The summed E-state index contributed by atoms with van der Waals surface area (Å²) >= 11 is 0. The molecule has 0 fully saturated rings. The zero-order valence-electron chi connectivity index (χ0n) is 13.0. The SMILES string of the molecule is CCCCCC(C)NCCn1cnc2ccccc2c1=O. The minimum Gasteiger partial charge on any atom is -0.312 e. The third kappa shape index (κ3) is 4.39. The van der Waals surface area contributed by atoms with Crippen LogP contribution in [0.2, 0.25) is 0 Å². The number of nitrogens with zero attached hydrogens (tertiary/aromatic N) is 2. The highest BCUT2D eigenvalue weighted by Gasteiger charge is 2.04. The second kappa shape index (κ2) is 7.93. The fourth-order valence-electron chi connectivity index (χ4n) is 2.50. The molecule has 0 radical (unpaired) electrons. The van der Waals surface area contributed by atoms with E-state index in [4.69, 9.17) is 0 Å². The normalized spacial score (nSPS) is 12.7. The molecule has 0 aliphatic rings. The van der Waals surface area contributed by atoms with E-state index < -0.39 is 0 Å². The number of rotatable bonds is 8. The van der Waals surface area contributed by atoms with Gasteiger partial charge in [0.2, 0.25) is 0 Å². The molecule has 4 nitrogen and oxygen atoms in total. The highest BCUT2D eigenvalue weighted by atomic mass is 16.1. The molecule has 1 atom stereocenters. The Bertz CT molecular complexity index is 621. The zero-order chi connectivity index (χ0) is 15.1. The lowest BCUT2D eigenvalue weighted by Crippen LogP contribution is -2.32. The molecule has 1 aromatic heterocycles. The number of para-hydroxylation sites is 1. The number of hydrogen-bond acceptors (Lipinski definition) is 3. The largest absolute Gasteiger partial charge is 0.312 e. The van der Waals surface area contributed by atoms with Gasteiger partial charge in [-0.25, -0.2) is 4.98 Å². The first-order chi connectivity index (χ1) is 10.2. The van der Waals surface area contributed by atoms with Crippen LogP contribution in [0, 0.1) is 0 Å². The van der Waals surface area contributed by atoms with Crippen LogP contribution in [0.3, 0.4) is 0 Å². The van der Waals surface area contributed by atoms with E-state index in [0.717, 1.165) is 12.1 Å². The summed E-state index contributed by atoms with van der Waals surface area (Å²) in [5, 5.41) is 4.17. The van der Waals surface area contributed by atoms with Crippen molar-refractivity contribution in [1.29, 1.82) is 0 Å². The lowest BCUT2D eigenvalue weighted by molar-refractivity contribution is 0.467. The second-order valence-corrected chi connectivity index (χ2v) is 5.61. The predicted molar refractivity (Wildman–Crippen MR) is 87.6 cm³/mol. The van der Waals surface area contributed by atoms with Gasteiger partial charge < -0.3 is 5.32 Å². The van der Waals surface area contributed by atoms with E-state index in [0.29, 0.717) is 18.0 Å². The van der Waals surface area contributed by atoms with Crippen molar-refractivity contribution in [3.63, 3.8) is 0 Å². The van der Waals surface area contributed by atoms with Crippen LogP contribution >= 0.6 is 0 Å². The third-order valence-corrected chi connectivity index (χ3v) is 3.82. The average Bonchev–Trinajstić information content (AvgIpc) is 2.50. The van der Waals surface area contributed by atoms with Crippen molar-refractivity contribution in [1.82, 2.24) is 14.9 Å². The Labute approximate surface area is 126 Å². The number of benzene rings is 1. The van der Waals surface area contributed by atoms with Crippen LogP contribution in [0.1, 0.15) is 39.5 Å². The molecular formula is C17H25N3O. The zero-order valence-corrected chi connectivity index (χ0v) is 13.0. The van der Waals surface area contributed by atoms with Gasteiger partial charge in [0.25, 0.3) is 5.56 Å². The van der Waals surface area contributed by atoms with Gasteiger partial charge in [-0.15, -0.1) is 0 Å². The molecule has 0 aliphatic carbocycles. The Morgan fingerprint density at radius 1 is 1.29 bits per heavy atom. The Balaban J connectivity index is 1.89. The average molecular weight is 287 g/mol. The van der Waals surface area contributed by atoms with Crippen molar-refractivity contribution in [2.75, 3.05) is 6.54 Å². The molecule has 2 aromatic rings. The van der Waals surface area contributed by atoms with Crippen LogP contribution in [0.25, 0.3) is 10.9 Å². The second-order valence-electron chi connectivity index (χ2n) is 5.61. The van der Waals surface area contributed by atoms with Crippen LogP contribution in [-0.2, 0) is 6.54 Å². The molecule has 0 saturated heterocycles. The van der Waals surface area contributed by atoms with Crippen molar-refractivity contribution in [2.45, 2.75) is 52.1 Å². The molecule has 114 valence electrons. The fourth-order valence-corrected chi connectivity index (χ4v) is 2.50. The summed E-state index contributed by atoms with van der Waals surface area (Å²) in [7, 11) is 0. The molecule has 1 N–H and O–H groups in total. The maximum atomic E-state index is 12.3. The number of unbranched alkanes of at least 4 members (excludes halogenated alkanes) is 2. The van der Waals surface area contributed by atoms with Crippen molar-refractivity contribution in [2.24, 2.45) is 0 Å². The Morgan fingerprint density at radius 3 is 2.90 bits per heavy atom. The molecule has 0 spiro atoms. The van der Waals surface area contributed by atoms with Crippen LogP contribution in [0.4, 0.5) is 0 Å². The van der Waals surface area contributed by atoms with Crippen LogP contribution in [-0.4, -0.2) is 22.1 Å². The van der Waals surface area contributed by atoms with Gasteiger partial charge >= 0.3 is 0 Å². The number of aromatic nitrogens is 2. The van der Waals surface area contributed by atoms with E-state index in [1.54, 1.807) is 10.9 Å². The highest BCUT2D eigenvalue weighted by Crippen LogP contribution is 2.05. The summed E-state index contributed by atoms with van der Waals surface area (Å²) in [5.41, 5.74) is 0.806. The van der Waals surface area contributed by atoms with Crippen molar-refractivity contribution in [3.05, 3.63) is 40.9 Å². The first-order valence-electron chi connectivity index (χ1n) is 7.90. The smallest absolute Gasteiger partial charge is 0.261 e. The quantitative estimate of drug-likeness (QED) is 0.759. The maximum Gasteiger partial charge on any atom is 0.261 e. The molecule has 0 amide bonds. The molecule has 0 bridgehead atoms. The Hall–Kier alpha value is -1.68. The molecule has 4 heteroatoms. The minimum absolute atomic E-state index is 0.0426. The monoisotopic (exact) mass is 287 g/mol. The number of fused-ring (bicyclic) bond motifs is 1. The Morgan fingerprint density at radius 2 is 2.10 bits per heavy atom. The number of nitrogens with one attached hydrogen (secondary N) is 1. The van der Waals surface area contributed by atoms with Crippen LogP contribution in [0.15, 0.2) is 35.4 Å². The van der Waals surface area contributed by atoms with E-state index in [9.17, 15) is 4.79 Å². The third-order valence-electron chi connectivity index (χ3n) is 3.82. The summed E-state index contributed by atoms with van der Waals surface area (Å²) in [6.07, 6.45) is 6.65. The van der Waals surface area contributed by atoms with E-state index in [1.807, 2.05) is 24.3 Å². The van der Waals surface area contributed by atoms with Crippen LogP contribution < -0.4 is 10.9 Å². The number of hydrogen-bond donors (Lipinski definition) is 1. The fraction of sp³-hybridized carbons (Fsp3) is 0.529. The van der Waals surface area contributed by atoms with E-state index in [1.165, 1.54) is 25.7 Å². The van der Waals surface area contributed by atoms with Gasteiger partial charge in [-0.3, -0.25) is 9.36 Å². The topological polar surface area (TPSA) is 46.9 Å². The summed E-state index contributed by atoms with van der Waals surface area (Å²) in [6.45, 7) is 5.89. The Kier molecular flexibility index (Phi) is 5.93. The van der Waals surface area contributed by atoms with Crippen molar-refractivity contribution < 1.29 is 0 Å². The lowest BCUT2D eigenvalue weighted by atomic mass is 10.1. The minimum atomic E-state index is 0.0426. The van der Waals surface area contributed by atoms with E-state index in [2.05, 4.69) is 24.1 Å². The molecule has 0 aliphatic heterocycles. The molecule has 2 rings (SSSR count).